The van der Waals surface area contributed by atoms with E-state index < -0.39 is 9.84 Å². The minimum atomic E-state index is -2.99. The number of benzene rings is 1. The van der Waals surface area contributed by atoms with E-state index in [2.05, 4.69) is 15.6 Å². The molecule has 148 valence electrons. The second-order valence-electron chi connectivity index (χ2n) is 7.74. The molecule has 0 saturated heterocycles. The predicted octanol–water partition coefficient (Wildman–Crippen LogP) is 2.71. The van der Waals surface area contributed by atoms with Gasteiger partial charge in [-0.2, -0.15) is 0 Å². The van der Waals surface area contributed by atoms with E-state index in [1.165, 1.54) is 12.3 Å². The highest BCUT2D eigenvalue weighted by Crippen LogP contribution is 2.46. The highest BCUT2D eigenvalue weighted by atomic mass is 127. The fourth-order valence-corrected chi connectivity index (χ4v) is 4.42. The third kappa shape index (κ3) is 7.02. The van der Waals surface area contributed by atoms with Crippen molar-refractivity contribution < 1.29 is 12.8 Å². The van der Waals surface area contributed by atoms with E-state index >= 15 is 0 Å². The number of halogens is 2. The fraction of sp³-hybridized carbons (Fsp3) is 0.611. The highest BCUT2D eigenvalue weighted by Gasteiger charge is 2.45. The summed E-state index contributed by atoms with van der Waals surface area (Å²) in [5, 5.41) is 6.49. The Morgan fingerprint density at radius 3 is 2.46 bits per heavy atom. The van der Waals surface area contributed by atoms with Gasteiger partial charge in [-0.3, -0.25) is 4.99 Å². The van der Waals surface area contributed by atoms with Gasteiger partial charge in [-0.15, -0.1) is 24.0 Å². The summed E-state index contributed by atoms with van der Waals surface area (Å²) in [5.41, 5.74) is 0.471. The molecule has 1 aromatic carbocycles. The normalized spacial score (nSPS) is 16.6. The van der Waals surface area contributed by atoms with Crippen LogP contribution in [-0.4, -0.2) is 46.5 Å². The van der Waals surface area contributed by atoms with Crippen LogP contribution < -0.4 is 10.6 Å². The van der Waals surface area contributed by atoms with Crippen molar-refractivity contribution in [1.82, 2.24) is 10.6 Å². The first-order valence-corrected chi connectivity index (χ1v) is 10.5. The van der Waals surface area contributed by atoms with Crippen LogP contribution in [0.4, 0.5) is 4.39 Å². The van der Waals surface area contributed by atoms with Crippen LogP contribution in [0.1, 0.15) is 32.3 Å². The molecule has 0 aromatic heterocycles. The molecule has 1 fully saturated rings. The second-order valence-corrected chi connectivity index (χ2v) is 9.88. The minimum Gasteiger partial charge on any atom is -0.356 e. The van der Waals surface area contributed by atoms with Crippen molar-refractivity contribution in [2.24, 2.45) is 10.4 Å². The summed E-state index contributed by atoms with van der Waals surface area (Å²) < 4.78 is 36.5. The van der Waals surface area contributed by atoms with Gasteiger partial charge in [0.25, 0.3) is 0 Å². The standard InChI is InChI=1S/C18H28FN3O2S.HI/c1-17(2,14-6-5-7-15(19)10-14)11-21-16(20-3)22-12-18(8-9-18)13-25(4,23)24;/h5-7,10H,8-9,11-13H2,1-4H3,(H2,20,21,22);1H. The first-order chi connectivity index (χ1) is 11.6. The van der Waals surface area contributed by atoms with E-state index in [-0.39, 0.29) is 46.4 Å². The van der Waals surface area contributed by atoms with Crippen molar-refractivity contribution in [2.75, 3.05) is 32.1 Å². The Labute approximate surface area is 173 Å². The van der Waals surface area contributed by atoms with Crippen LogP contribution >= 0.6 is 24.0 Å². The lowest BCUT2D eigenvalue weighted by Crippen LogP contribution is -2.45. The molecule has 8 heteroatoms. The zero-order valence-electron chi connectivity index (χ0n) is 15.8. The Balaban J connectivity index is 0.00000338. The van der Waals surface area contributed by atoms with E-state index in [0.717, 1.165) is 18.4 Å². The Kier molecular flexibility index (Phi) is 7.88. The average molecular weight is 497 g/mol. The summed E-state index contributed by atoms with van der Waals surface area (Å²) in [5.74, 6) is 0.590. The van der Waals surface area contributed by atoms with Crippen LogP contribution in [0.15, 0.2) is 29.3 Å². The molecule has 5 nitrogen and oxygen atoms in total. The molecule has 1 aliphatic rings. The van der Waals surface area contributed by atoms with Gasteiger partial charge in [0.15, 0.2) is 5.96 Å². The molecular weight excluding hydrogens is 468 g/mol. The number of rotatable bonds is 7. The van der Waals surface area contributed by atoms with Crippen LogP contribution in [0.2, 0.25) is 0 Å². The molecule has 1 aromatic rings. The zero-order valence-corrected chi connectivity index (χ0v) is 18.9. The van der Waals surface area contributed by atoms with Gasteiger partial charge in [-0.1, -0.05) is 26.0 Å². The number of sulfone groups is 1. The number of nitrogens with one attached hydrogen (secondary N) is 2. The van der Waals surface area contributed by atoms with Gasteiger partial charge >= 0.3 is 0 Å². The van der Waals surface area contributed by atoms with Crippen molar-refractivity contribution in [2.45, 2.75) is 32.1 Å². The number of hydrogen-bond donors (Lipinski definition) is 2. The second kappa shape index (κ2) is 8.86. The largest absolute Gasteiger partial charge is 0.356 e. The predicted molar refractivity (Wildman–Crippen MR) is 116 cm³/mol. The van der Waals surface area contributed by atoms with Gasteiger partial charge in [0.05, 0.1) is 5.75 Å². The molecule has 0 heterocycles. The summed E-state index contributed by atoms with van der Waals surface area (Å²) >= 11 is 0. The number of aliphatic imine (C=N–C) groups is 1. The van der Waals surface area contributed by atoms with Crippen LogP contribution in [0.25, 0.3) is 0 Å². The van der Waals surface area contributed by atoms with Crippen molar-refractivity contribution >= 4 is 39.8 Å². The molecule has 0 aliphatic heterocycles. The topological polar surface area (TPSA) is 70.6 Å². The Morgan fingerprint density at radius 1 is 1.31 bits per heavy atom. The Morgan fingerprint density at radius 2 is 1.96 bits per heavy atom. The molecule has 0 amide bonds. The van der Waals surface area contributed by atoms with Gasteiger partial charge in [0.1, 0.15) is 15.7 Å². The molecule has 1 aliphatic carbocycles. The Hall–Kier alpha value is -0.900. The van der Waals surface area contributed by atoms with Crippen molar-refractivity contribution in [3.05, 3.63) is 35.6 Å². The monoisotopic (exact) mass is 497 g/mol. The number of hydrogen-bond acceptors (Lipinski definition) is 3. The summed E-state index contributed by atoms with van der Waals surface area (Å²) in [6, 6.07) is 6.60. The van der Waals surface area contributed by atoms with Gasteiger partial charge in [0.2, 0.25) is 0 Å². The van der Waals surface area contributed by atoms with Crippen molar-refractivity contribution in [3.63, 3.8) is 0 Å². The first kappa shape index (κ1) is 23.1. The van der Waals surface area contributed by atoms with Crippen LogP contribution in [-0.2, 0) is 15.3 Å². The Bertz CT molecular complexity index is 747. The fourth-order valence-electron chi connectivity index (χ4n) is 2.91. The summed E-state index contributed by atoms with van der Waals surface area (Å²) in [4.78, 5) is 4.20. The van der Waals surface area contributed by atoms with E-state index in [1.54, 1.807) is 19.2 Å². The maximum absolute atomic E-state index is 13.5. The van der Waals surface area contributed by atoms with E-state index in [0.29, 0.717) is 19.0 Å². The van der Waals surface area contributed by atoms with Gasteiger partial charge in [-0.05, 0) is 30.5 Å². The van der Waals surface area contributed by atoms with Gasteiger partial charge in [0, 0.05) is 37.2 Å². The highest BCUT2D eigenvalue weighted by molar-refractivity contribution is 14.0. The number of guanidine groups is 1. The maximum Gasteiger partial charge on any atom is 0.191 e. The molecular formula is C18H29FIN3O2S. The smallest absolute Gasteiger partial charge is 0.191 e. The molecule has 2 N–H and O–H groups in total. The lowest BCUT2D eigenvalue weighted by atomic mass is 9.84. The van der Waals surface area contributed by atoms with E-state index in [4.69, 9.17) is 0 Å². The molecule has 26 heavy (non-hydrogen) atoms. The SMILES string of the molecule is CN=C(NCC1(CS(C)(=O)=O)CC1)NCC(C)(C)c1cccc(F)c1.I. The minimum absolute atomic E-state index is 0. The van der Waals surface area contributed by atoms with Crippen molar-refractivity contribution in [1.29, 1.82) is 0 Å². The molecule has 1 saturated carbocycles. The molecule has 0 atom stereocenters. The summed E-state index contributed by atoms with van der Waals surface area (Å²) in [7, 11) is -1.30. The van der Waals surface area contributed by atoms with Crippen LogP contribution in [0, 0.1) is 11.2 Å². The molecule has 0 spiro atoms. The zero-order chi connectivity index (χ0) is 18.7. The molecule has 0 radical (unpaired) electrons. The molecule has 0 unspecified atom stereocenters. The number of nitrogens with zero attached hydrogens (tertiary/aromatic N) is 1. The van der Waals surface area contributed by atoms with Crippen LogP contribution in [0.3, 0.4) is 0 Å². The quantitative estimate of drug-likeness (QED) is 0.346. The lowest BCUT2D eigenvalue weighted by molar-refractivity contribution is 0.495. The van der Waals surface area contributed by atoms with Crippen molar-refractivity contribution in [3.8, 4) is 0 Å². The van der Waals surface area contributed by atoms with Gasteiger partial charge < -0.3 is 10.6 Å². The maximum atomic E-state index is 13.5. The first-order valence-electron chi connectivity index (χ1n) is 8.44. The third-order valence-electron chi connectivity index (χ3n) is 4.68. The average Bonchev–Trinajstić information content (AvgIpc) is 3.25. The van der Waals surface area contributed by atoms with Gasteiger partial charge in [-0.25, -0.2) is 12.8 Å². The summed E-state index contributed by atoms with van der Waals surface area (Å²) in [6.07, 6.45) is 3.11. The van der Waals surface area contributed by atoms with E-state index in [9.17, 15) is 12.8 Å². The molecule has 2 rings (SSSR count). The molecule has 0 bridgehead atoms. The lowest BCUT2D eigenvalue weighted by Gasteiger charge is -2.27. The van der Waals surface area contributed by atoms with Crippen LogP contribution in [0.5, 0.6) is 0 Å². The third-order valence-corrected chi connectivity index (χ3v) is 5.82. The summed E-state index contributed by atoms with van der Waals surface area (Å²) in [6.45, 7) is 5.23. The van der Waals surface area contributed by atoms with E-state index in [1.807, 2.05) is 19.9 Å².